The lowest BCUT2D eigenvalue weighted by atomic mass is 9.86. The summed E-state index contributed by atoms with van der Waals surface area (Å²) < 4.78 is 0. The molecule has 4 heteroatoms. The molecule has 1 aliphatic carbocycles. The van der Waals surface area contributed by atoms with Gasteiger partial charge in [0.05, 0.1) is 17.0 Å². The molecule has 0 aromatic heterocycles. The minimum absolute atomic E-state index is 0.0508. The van der Waals surface area contributed by atoms with E-state index >= 15 is 0 Å². The molecule has 0 saturated carbocycles. The van der Waals surface area contributed by atoms with Gasteiger partial charge in [0.1, 0.15) is 5.75 Å². The van der Waals surface area contributed by atoms with Crippen LogP contribution in [0.15, 0.2) is 28.9 Å². The fourth-order valence-electron chi connectivity index (χ4n) is 2.30. The van der Waals surface area contributed by atoms with E-state index in [0.29, 0.717) is 22.5 Å². The highest BCUT2D eigenvalue weighted by molar-refractivity contribution is 6.27. The van der Waals surface area contributed by atoms with E-state index in [1.165, 1.54) is 6.08 Å². The number of aromatic hydroxyl groups is 1. The summed E-state index contributed by atoms with van der Waals surface area (Å²) in [4.78, 5) is 16.2. The van der Waals surface area contributed by atoms with Crippen LogP contribution in [0.1, 0.15) is 34.8 Å². The molecule has 0 amide bonds. The topological polar surface area (TPSA) is 75.7 Å². The number of fused-ring (bicyclic) bond motifs is 1. The van der Waals surface area contributed by atoms with Crippen LogP contribution in [-0.2, 0) is 6.42 Å². The fourth-order valence-corrected chi connectivity index (χ4v) is 2.30. The van der Waals surface area contributed by atoms with E-state index in [9.17, 15) is 9.90 Å². The molecule has 0 spiro atoms. The van der Waals surface area contributed by atoms with Crippen LogP contribution in [-0.4, -0.2) is 23.6 Å². The number of allylic oxidation sites excluding steroid dienone is 2. The number of aryl methyl sites for hydroxylation is 1. The van der Waals surface area contributed by atoms with Crippen molar-refractivity contribution in [2.45, 2.75) is 19.8 Å². The smallest absolute Gasteiger partial charge is 0.189 e. The van der Waals surface area contributed by atoms with Gasteiger partial charge in [-0.3, -0.25) is 9.79 Å². The van der Waals surface area contributed by atoms with Crippen molar-refractivity contribution >= 4 is 11.5 Å². The lowest BCUT2D eigenvalue weighted by Gasteiger charge is -2.20. The quantitative estimate of drug-likeness (QED) is 0.833. The number of ketones is 1. The van der Waals surface area contributed by atoms with E-state index in [4.69, 9.17) is 5.73 Å². The van der Waals surface area contributed by atoms with Gasteiger partial charge in [0.25, 0.3) is 0 Å². The molecule has 0 unspecified atom stereocenters. The third kappa shape index (κ3) is 1.79. The first-order valence-corrected chi connectivity index (χ1v) is 5.94. The van der Waals surface area contributed by atoms with E-state index in [1.54, 1.807) is 19.2 Å². The molecule has 0 fully saturated rings. The standard InChI is InChI=1S/C14H16N2O2/c1-3-4-8-5-6-10(17)13-12(8)11(18)7-9(15)14(13)16-2/h5-7,17H,3-4,15H2,1-2H3. The molecule has 2 rings (SSSR count). The summed E-state index contributed by atoms with van der Waals surface area (Å²) in [6.45, 7) is 2.05. The van der Waals surface area contributed by atoms with Gasteiger partial charge in [-0.15, -0.1) is 0 Å². The molecule has 0 heterocycles. The van der Waals surface area contributed by atoms with Crippen LogP contribution in [0.2, 0.25) is 0 Å². The maximum absolute atomic E-state index is 12.1. The Bertz CT molecular complexity index is 571. The molecule has 1 aromatic carbocycles. The average molecular weight is 244 g/mol. The Labute approximate surface area is 106 Å². The van der Waals surface area contributed by atoms with Crippen molar-refractivity contribution in [1.82, 2.24) is 0 Å². The largest absolute Gasteiger partial charge is 0.507 e. The Morgan fingerprint density at radius 2 is 2.06 bits per heavy atom. The van der Waals surface area contributed by atoms with Crippen molar-refractivity contribution in [2.75, 3.05) is 7.05 Å². The molecule has 0 aliphatic heterocycles. The van der Waals surface area contributed by atoms with Crippen LogP contribution in [0.25, 0.3) is 0 Å². The van der Waals surface area contributed by atoms with Gasteiger partial charge in [-0.1, -0.05) is 19.4 Å². The minimum atomic E-state index is -0.158. The van der Waals surface area contributed by atoms with Crippen LogP contribution in [0, 0.1) is 0 Å². The Morgan fingerprint density at radius 3 is 2.67 bits per heavy atom. The molecule has 0 atom stereocenters. The van der Waals surface area contributed by atoms with Gasteiger partial charge < -0.3 is 10.8 Å². The molecule has 0 saturated heterocycles. The fraction of sp³-hybridized carbons (Fsp3) is 0.286. The van der Waals surface area contributed by atoms with Crippen molar-refractivity contribution in [3.63, 3.8) is 0 Å². The van der Waals surface area contributed by atoms with Crippen LogP contribution < -0.4 is 5.73 Å². The molecule has 94 valence electrons. The summed E-state index contributed by atoms with van der Waals surface area (Å²) in [6.07, 6.45) is 3.10. The van der Waals surface area contributed by atoms with Gasteiger partial charge in [0.2, 0.25) is 0 Å². The van der Waals surface area contributed by atoms with Gasteiger partial charge in [-0.25, -0.2) is 0 Å². The Hall–Kier alpha value is -2.10. The highest BCUT2D eigenvalue weighted by Crippen LogP contribution is 2.31. The first-order valence-electron chi connectivity index (χ1n) is 5.94. The Morgan fingerprint density at radius 1 is 1.33 bits per heavy atom. The van der Waals surface area contributed by atoms with Gasteiger partial charge in [-0.2, -0.15) is 0 Å². The molecule has 0 radical (unpaired) electrons. The first kappa shape index (κ1) is 12.4. The van der Waals surface area contributed by atoms with Crippen molar-refractivity contribution in [1.29, 1.82) is 0 Å². The van der Waals surface area contributed by atoms with Gasteiger partial charge >= 0.3 is 0 Å². The maximum atomic E-state index is 12.1. The van der Waals surface area contributed by atoms with E-state index in [-0.39, 0.29) is 11.5 Å². The summed E-state index contributed by atoms with van der Waals surface area (Å²) in [5.74, 6) is -0.107. The third-order valence-corrected chi connectivity index (χ3v) is 3.06. The molecule has 0 bridgehead atoms. The number of phenols is 1. The zero-order valence-electron chi connectivity index (χ0n) is 10.5. The van der Waals surface area contributed by atoms with Crippen LogP contribution in [0.3, 0.4) is 0 Å². The first-order chi connectivity index (χ1) is 8.60. The van der Waals surface area contributed by atoms with E-state index in [0.717, 1.165) is 18.4 Å². The van der Waals surface area contributed by atoms with Crippen LogP contribution in [0.4, 0.5) is 0 Å². The summed E-state index contributed by atoms with van der Waals surface area (Å²) >= 11 is 0. The minimum Gasteiger partial charge on any atom is -0.507 e. The predicted molar refractivity (Wildman–Crippen MR) is 71.2 cm³/mol. The van der Waals surface area contributed by atoms with E-state index in [1.807, 2.05) is 6.92 Å². The van der Waals surface area contributed by atoms with Crippen molar-refractivity contribution in [3.05, 3.63) is 40.6 Å². The molecule has 1 aliphatic rings. The second-order valence-corrected chi connectivity index (χ2v) is 4.28. The number of nitrogens with zero attached hydrogens (tertiary/aromatic N) is 1. The molecule has 3 N–H and O–H groups in total. The highest BCUT2D eigenvalue weighted by Gasteiger charge is 2.27. The number of carbonyl (C=O) groups excluding carboxylic acids is 1. The number of phenolic OH excluding ortho intramolecular Hbond substituents is 1. The molecular weight excluding hydrogens is 228 g/mol. The van der Waals surface area contributed by atoms with Crippen molar-refractivity contribution < 1.29 is 9.90 Å². The third-order valence-electron chi connectivity index (χ3n) is 3.06. The lowest BCUT2D eigenvalue weighted by molar-refractivity contribution is 0.104. The zero-order chi connectivity index (χ0) is 13.3. The number of hydrogen-bond donors (Lipinski definition) is 2. The summed E-state index contributed by atoms with van der Waals surface area (Å²) in [6, 6.07) is 3.39. The zero-order valence-corrected chi connectivity index (χ0v) is 10.5. The predicted octanol–water partition coefficient (Wildman–Crippen LogP) is 1.80. The Balaban J connectivity index is 2.75. The van der Waals surface area contributed by atoms with Crippen LogP contribution in [0.5, 0.6) is 5.75 Å². The lowest BCUT2D eigenvalue weighted by Crippen LogP contribution is -2.24. The maximum Gasteiger partial charge on any atom is 0.189 e. The Kier molecular flexibility index (Phi) is 3.19. The molecule has 4 nitrogen and oxygen atoms in total. The SMILES string of the molecule is CCCc1ccc(O)c2c1C(=O)C=C(N)C2=NC. The van der Waals surface area contributed by atoms with E-state index in [2.05, 4.69) is 4.99 Å². The van der Waals surface area contributed by atoms with Gasteiger partial charge in [-0.05, 0) is 18.1 Å². The van der Waals surface area contributed by atoms with E-state index < -0.39 is 0 Å². The van der Waals surface area contributed by atoms with Crippen molar-refractivity contribution in [3.8, 4) is 5.75 Å². The monoisotopic (exact) mass is 244 g/mol. The highest BCUT2D eigenvalue weighted by atomic mass is 16.3. The summed E-state index contributed by atoms with van der Waals surface area (Å²) in [7, 11) is 1.60. The molecule has 18 heavy (non-hydrogen) atoms. The molecular formula is C14H16N2O2. The van der Waals surface area contributed by atoms with Crippen LogP contribution >= 0.6 is 0 Å². The second-order valence-electron chi connectivity index (χ2n) is 4.28. The number of hydrogen-bond acceptors (Lipinski definition) is 4. The van der Waals surface area contributed by atoms with Gasteiger partial charge in [0, 0.05) is 18.7 Å². The number of rotatable bonds is 2. The number of benzene rings is 1. The number of carbonyl (C=O) groups is 1. The molecule has 1 aromatic rings. The second kappa shape index (κ2) is 4.64. The number of aliphatic imine (C=N–C) groups is 1. The van der Waals surface area contributed by atoms with Crippen molar-refractivity contribution in [2.24, 2.45) is 10.7 Å². The normalized spacial score (nSPS) is 16.7. The summed E-state index contributed by atoms with van der Waals surface area (Å²) in [5, 5.41) is 9.97. The number of nitrogens with two attached hydrogens (primary N) is 1. The summed E-state index contributed by atoms with van der Waals surface area (Å²) in [5.41, 5.74) is 8.51. The average Bonchev–Trinajstić information content (AvgIpc) is 2.33. The van der Waals surface area contributed by atoms with Gasteiger partial charge in [0.15, 0.2) is 5.78 Å².